The first-order valence-electron chi connectivity index (χ1n) is 7.17. The highest BCUT2D eigenvalue weighted by Gasteiger charge is 2.17. The van der Waals surface area contributed by atoms with E-state index < -0.39 is 11.6 Å². The maximum atomic E-state index is 13.9. The molecule has 1 aromatic heterocycles. The van der Waals surface area contributed by atoms with Crippen molar-refractivity contribution < 1.29 is 8.78 Å². The Morgan fingerprint density at radius 3 is 2.00 bits per heavy atom. The summed E-state index contributed by atoms with van der Waals surface area (Å²) in [5.74, 6) is -0.524. The van der Waals surface area contributed by atoms with Crippen LogP contribution < -0.4 is 10.6 Å². The number of nitrogen functional groups attached to an aromatic ring is 1. The van der Waals surface area contributed by atoms with Gasteiger partial charge in [0.05, 0.1) is 0 Å². The fourth-order valence-corrected chi connectivity index (χ4v) is 1.84. The lowest BCUT2D eigenvalue weighted by Gasteiger charge is -2.26. The summed E-state index contributed by atoms with van der Waals surface area (Å²) in [6.07, 6.45) is 1.85. The molecule has 0 saturated carbocycles. The van der Waals surface area contributed by atoms with E-state index in [1.54, 1.807) is 0 Å². The second-order valence-corrected chi connectivity index (χ2v) is 6.01. The van der Waals surface area contributed by atoms with E-state index in [0.29, 0.717) is 24.9 Å². The molecule has 2 N–H and O–H groups in total. The van der Waals surface area contributed by atoms with E-state index in [-0.39, 0.29) is 11.6 Å². The van der Waals surface area contributed by atoms with E-state index >= 15 is 0 Å². The molecule has 0 aliphatic heterocycles. The van der Waals surface area contributed by atoms with Gasteiger partial charge in [0.1, 0.15) is 0 Å². The minimum absolute atomic E-state index is 0.158. The molecule has 0 fully saturated rings. The molecule has 0 amide bonds. The Bertz CT molecular complexity index is 421. The van der Waals surface area contributed by atoms with Gasteiger partial charge in [0, 0.05) is 19.2 Å². The van der Waals surface area contributed by atoms with Gasteiger partial charge in [0.2, 0.25) is 0 Å². The van der Waals surface area contributed by atoms with Crippen molar-refractivity contribution in [3.05, 3.63) is 17.7 Å². The van der Waals surface area contributed by atoms with Gasteiger partial charge in [0.25, 0.3) is 0 Å². The zero-order valence-electron chi connectivity index (χ0n) is 12.8. The van der Waals surface area contributed by atoms with Crippen LogP contribution in [-0.2, 0) is 0 Å². The minimum Gasteiger partial charge on any atom is -0.381 e. The SMILES string of the molecule is CC(C)CCN(CCC(C)C)c1nc(N)c(F)cc1F. The highest BCUT2D eigenvalue weighted by Crippen LogP contribution is 2.22. The molecule has 3 nitrogen and oxygen atoms in total. The van der Waals surface area contributed by atoms with Crippen molar-refractivity contribution >= 4 is 11.6 Å². The Morgan fingerprint density at radius 2 is 1.55 bits per heavy atom. The number of hydrogen-bond donors (Lipinski definition) is 1. The van der Waals surface area contributed by atoms with E-state index in [0.717, 1.165) is 18.9 Å². The second kappa shape index (κ2) is 7.41. The maximum Gasteiger partial charge on any atom is 0.168 e. The molecule has 1 heterocycles. The fourth-order valence-electron chi connectivity index (χ4n) is 1.84. The van der Waals surface area contributed by atoms with Gasteiger partial charge >= 0.3 is 0 Å². The Kier molecular flexibility index (Phi) is 6.17. The number of nitrogens with two attached hydrogens (primary N) is 1. The molecule has 0 saturated heterocycles. The quantitative estimate of drug-likeness (QED) is 0.827. The molecule has 0 aromatic carbocycles. The van der Waals surface area contributed by atoms with Crippen molar-refractivity contribution in [3.8, 4) is 0 Å². The molecule has 0 spiro atoms. The summed E-state index contributed by atoms with van der Waals surface area (Å²) in [6, 6.07) is 0.815. The van der Waals surface area contributed by atoms with Gasteiger partial charge < -0.3 is 10.6 Å². The van der Waals surface area contributed by atoms with Gasteiger partial charge in [-0.25, -0.2) is 13.8 Å². The van der Waals surface area contributed by atoms with Crippen molar-refractivity contribution in [2.24, 2.45) is 11.8 Å². The number of anilines is 2. The van der Waals surface area contributed by atoms with Crippen LogP contribution in [0.2, 0.25) is 0 Å². The summed E-state index contributed by atoms with van der Waals surface area (Å²) in [4.78, 5) is 5.75. The number of rotatable bonds is 7. The Hall–Kier alpha value is -1.39. The highest BCUT2D eigenvalue weighted by atomic mass is 19.1. The van der Waals surface area contributed by atoms with Crippen LogP contribution in [-0.4, -0.2) is 18.1 Å². The largest absolute Gasteiger partial charge is 0.381 e. The van der Waals surface area contributed by atoms with Crippen molar-refractivity contribution in [1.29, 1.82) is 0 Å². The summed E-state index contributed by atoms with van der Waals surface area (Å²) in [5.41, 5.74) is 5.46. The molecule has 0 bridgehead atoms. The van der Waals surface area contributed by atoms with Crippen LogP contribution in [0.15, 0.2) is 6.07 Å². The fraction of sp³-hybridized carbons (Fsp3) is 0.667. The average molecular weight is 285 g/mol. The van der Waals surface area contributed by atoms with Crippen LogP contribution in [0.3, 0.4) is 0 Å². The zero-order chi connectivity index (χ0) is 15.3. The van der Waals surface area contributed by atoms with Crippen LogP contribution in [0.25, 0.3) is 0 Å². The Labute approximate surface area is 120 Å². The van der Waals surface area contributed by atoms with E-state index in [9.17, 15) is 8.78 Å². The van der Waals surface area contributed by atoms with Crippen molar-refractivity contribution in [1.82, 2.24) is 4.98 Å². The number of aromatic nitrogens is 1. The molecule has 1 aromatic rings. The molecule has 0 radical (unpaired) electrons. The van der Waals surface area contributed by atoms with E-state index in [1.807, 2.05) is 4.90 Å². The van der Waals surface area contributed by atoms with Crippen LogP contribution in [0, 0.1) is 23.5 Å². The van der Waals surface area contributed by atoms with Gasteiger partial charge in [-0.3, -0.25) is 0 Å². The second-order valence-electron chi connectivity index (χ2n) is 6.01. The van der Waals surface area contributed by atoms with E-state index in [4.69, 9.17) is 5.73 Å². The molecular formula is C15H25F2N3. The summed E-state index contributed by atoms with van der Waals surface area (Å²) in [6.45, 7) is 9.85. The predicted octanol–water partition coefficient (Wildman–Crippen LogP) is 3.84. The molecule has 0 aliphatic rings. The molecular weight excluding hydrogens is 260 g/mol. The third kappa shape index (κ3) is 4.94. The van der Waals surface area contributed by atoms with E-state index in [2.05, 4.69) is 32.7 Å². The van der Waals surface area contributed by atoms with Gasteiger partial charge in [0.15, 0.2) is 23.3 Å². The highest BCUT2D eigenvalue weighted by molar-refractivity contribution is 5.47. The van der Waals surface area contributed by atoms with Crippen LogP contribution in [0.1, 0.15) is 40.5 Å². The van der Waals surface area contributed by atoms with Gasteiger partial charge in [-0.2, -0.15) is 0 Å². The molecule has 114 valence electrons. The third-order valence-electron chi connectivity index (χ3n) is 3.19. The first-order valence-corrected chi connectivity index (χ1v) is 7.17. The summed E-state index contributed by atoms with van der Waals surface area (Å²) < 4.78 is 27.1. The normalized spacial score (nSPS) is 11.4. The first kappa shape index (κ1) is 16.7. The topological polar surface area (TPSA) is 42.2 Å². The van der Waals surface area contributed by atoms with Crippen molar-refractivity contribution in [2.75, 3.05) is 23.7 Å². The number of pyridine rings is 1. The van der Waals surface area contributed by atoms with Crippen LogP contribution in [0.4, 0.5) is 20.4 Å². The first-order chi connectivity index (χ1) is 9.31. The van der Waals surface area contributed by atoms with Gasteiger partial charge in [-0.05, 0) is 24.7 Å². The molecule has 0 unspecified atom stereocenters. The summed E-state index contributed by atoms with van der Waals surface area (Å²) in [7, 11) is 0. The molecule has 0 aliphatic carbocycles. The lowest BCUT2D eigenvalue weighted by Crippen LogP contribution is -2.29. The van der Waals surface area contributed by atoms with Gasteiger partial charge in [-0.1, -0.05) is 27.7 Å². The number of hydrogen-bond acceptors (Lipinski definition) is 3. The minimum atomic E-state index is -0.807. The number of halogens is 2. The van der Waals surface area contributed by atoms with Crippen molar-refractivity contribution in [2.45, 2.75) is 40.5 Å². The van der Waals surface area contributed by atoms with Crippen LogP contribution in [0.5, 0.6) is 0 Å². The Balaban J connectivity index is 2.93. The monoisotopic (exact) mass is 285 g/mol. The van der Waals surface area contributed by atoms with E-state index in [1.165, 1.54) is 0 Å². The summed E-state index contributed by atoms with van der Waals surface area (Å²) >= 11 is 0. The predicted molar refractivity (Wildman–Crippen MR) is 79.7 cm³/mol. The summed E-state index contributed by atoms with van der Waals surface area (Å²) in [5, 5.41) is 0. The lowest BCUT2D eigenvalue weighted by molar-refractivity contribution is 0.518. The zero-order valence-corrected chi connectivity index (χ0v) is 12.8. The third-order valence-corrected chi connectivity index (χ3v) is 3.19. The average Bonchev–Trinajstić information content (AvgIpc) is 2.34. The molecule has 0 atom stereocenters. The number of nitrogens with zero attached hydrogens (tertiary/aromatic N) is 2. The van der Waals surface area contributed by atoms with Crippen LogP contribution >= 0.6 is 0 Å². The molecule has 1 rings (SSSR count). The Morgan fingerprint density at radius 1 is 1.05 bits per heavy atom. The molecule has 5 heteroatoms. The maximum absolute atomic E-state index is 13.9. The lowest BCUT2D eigenvalue weighted by atomic mass is 10.1. The van der Waals surface area contributed by atoms with Crippen molar-refractivity contribution in [3.63, 3.8) is 0 Å². The smallest absolute Gasteiger partial charge is 0.168 e. The van der Waals surface area contributed by atoms with Gasteiger partial charge in [-0.15, -0.1) is 0 Å². The molecule has 20 heavy (non-hydrogen) atoms. The standard InChI is InChI=1S/C15H25F2N3/c1-10(2)5-7-20(8-6-11(3)4)15-13(17)9-12(16)14(18)19-15/h9-11H,5-8H2,1-4H3,(H2,18,19).